The highest BCUT2D eigenvalue weighted by Crippen LogP contribution is 2.14. The Morgan fingerprint density at radius 2 is 1.97 bits per heavy atom. The van der Waals surface area contributed by atoms with Crippen LogP contribution in [0.5, 0.6) is 5.75 Å². The third kappa shape index (κ3) is 5.45. The zero-order chi connectivity index (χ0) is 23.2. The van der Waals surface area contributed by atoms with Crippen LogP contribution in [0.3, 0.4) is 0 Å². The molecule has 33 heavy (non-hydrogen) atoms. The van der Waals surface area contributed by atoms with Crippen LogP contribution in [0, 0.1) is 13.8 Å². The lowest BCUT2D eigenvalue weighted by Crippen LogP contribution is -2.28. The number of fused-ring (bicyclic) bond motifs is 1. The number of carbonyl (C=O) groups excluding carboxylic acids is 2. The second-order valence-electron chi connectivity index (χ2n) is 7.39. The molecule has 0 aliphatic carbocycles. The van der Waals surface area contributed by atoms with E-state index in [0.29, 0.717) is 35.1 Å². The number of amides is 2. The van der Waals surface area contributed by atoms with Crippen molar-refractivity contribution in [2.45, 2.75) is 20.4 Å². The number of aryl methyl sites for hydroxylation is 2. The van der Waals surface area contributed by atoms with E-state index < -0.39 is 0 Å². The summed E-state index contributed by atoms with van der Waals surface area (Å²) in [6, 6.07) is 14.3. The SMILES string of the molecule is Cc1ccc2nc(C)c(C(=O)N/N=C\c3ccc(OCC(=O)NCc4ccco4)cc3)n2c1. The lowest BCUT2D eigenvalue weighted by atomic mass is 10.2. The van der Waals surface area contributed by atoms with Gasteiger partial charge in [0, 0.05) is 6.20 Å². The number of nitrogens with one attached hydrogen (secondary N) is 2. The minimum Gasteiger partial charge on any atom is -0.484 e. The number of rotatable bonds is 8. The van der Waals surface area contributed by atoms with Crippen molar-refractivity contribution in [2.75, 3.05) is 6.61 Å². The number of ether oxygens (including phenoxy) is 1. The first-order valence-corrected chi connectivity index (χ1v) is 10.3. The Morgan fingerprint density at radius 1 is 1.15 bits per heavy atom. The molecule has 0 unspecified atom stereocenters. The maximum atomic E-state index is 12.6. The number of furan rings is 1. The van der Waals surface area contributed by atoms with Gasteiger partial charge in [0.2, 0.25) is 0 Å². The van der Waals surface area contributed by atoms with E-state index in [9.17, 15) is 9.59 Å². The monoisotopic (exact) mass is 445 g/mol. The van der Waals surface area contributed by atoms with Gasteiger partial charge in [0.05, 0.1) is 24.7 Å². The Morgan fingerprint density at radius 3 is 2.73 bits per heavy atom. The predicted molar refractivity (Wildman–Crippen MR) is 122 cm³/mol. The van der Waals surface area contributed by atoms with Crippen LogP contribution in [0.1, 0.15) is 33.1 Å². The van der Waals surface area contributed by atoms with Gasteiger partial charge in [-0.05, 0) is 67.4 Å². The summed E-state index contributed by atoms with van der Waals surface area (Å²) in [5.41, 5.74) is 6.11. The predicted octanol–water partition coefficient (Wildman–Crippen LogP) is 3.00. The van der Waals surface area contributed by atoms with Crippen LogP contribution < -0.4 is 15.5 Å². The number of benzene rings is 1. The average molecular weight is 445 g/mol. The van der Waals surface area contributed by atoms with Crippen LogP contribution in [0.4, 0.5) is 0 Å². The molecule has 3 heterocycles. The maximum absolute atomic E-state index is 12.6. The Bertz CT molecular complexity index is 1290. The van der Waals surface area contributed by atoms with E-state index >= 15 is 0 Å². The zero-order valence-electron chi connectivity index (χ0n) is 18.2. The van der Waals surface area contributed by atoms with Crippen molar-refractivity contribution >= 4 is 23.7 Å². The number of nitrogens with zero attached hydrogens (tertiary/aromatic N) is 3. The minimum absolute atomic E-state index is 0.109. The molecule has 0 radical (unpaired) electrons. The molecule has 4 rings (SSSR count). The summed E-state index contributed by atoms with van der Waals surface area (Å²) < 4.78 is 12.4. The largest absolute Gasteiger partial charge is 0.484 e. The Hall–Kier alpha value is -4.40. The highest BCUT2D eigenvalue weighted by atomic mass is 16.5. The fraction of sp³-hybridized carbons (Fsp3) is 0.167. The number of pyridine rings is 1. The lowest BCUT2D eigenvalue weighted by molar-refractivity contribution is -0.123. The molecule has 3 aromatic heterocycles. The van der Waals surface area contributed by atoms with Gasteiger partial charge in [0.15, 0.2) is 6.61 Å². The summed E-state index contributed by atoms with van der Waals surface area (Å²) in [7, 11) is 0. The summed E-state index contributed by atoms with van der Waals surface area (Å²) in [6.07, 6.45) is 4.95. The standard InChI is InChI=1S/C24H23N5O4/c1-16-5-10-21-27-17(2)23(29(21)14-16)24(31)28-26-12-18-6-8-19(9-7-18)33-15-22(30)25-13-20-4-3-11-32-20/h3-12,14H,13,15H2,1-2H3,(H,25,30)(H,28,31)/b26-12-. The fourth-order valence-electron chi connectivity index (χ4n) is 3.21. The van der Waals surface area contributed by atoms with Gasteiger partial charge in [-0.1, -0.05) is 6.07 Å². The van der Waals surface area contributed by atoms with E-state index in [1.807, 2.05) is 25.3 Å². The van der Waals surface area contributed by atoms with Crippen molar-refractivity contribution in [3.05, 3.63) is 89.3 Å². The molecule has 9 nitrogen and oxygen atoms in total. The molecule has 0 atom stereocenters. The van der Waals surface area contributed by atoms with E-state index in [1.165, 1.54) is 6.21 Å². The zero-order valence-corrected chi connectivity index (χ0v) is 18.2. The fourth-order valence-corrected chi connectivity index (χ4v) is 3.21. The molecule has 0 spiro atoms. The smallest absolute Gasteiger partial charge is 0.290 e. The second kappa shape index (κ2) is 9.82. The Labute approximate surface area is 190 Å². The van der Waals surface area contributed by atoms with E-state index in [4.69, 9.17) is 9.15 Å². The quantitative estimate of drug-likeness (QED) is 0.320. The van der Waals surface area contributed by atoms with Crippen LogP contribution >= 0.6 is 0 Å². The van der Waals surface area contributed by atoms with Crippen LogP contribution in [0.2, 0.25) is 0 Å². The normalized spacial score (nSPS) is 11.1. The van der Waals surface area contributed by atoms with Crippen LogP contribution in [-0.4, -0.2) is 34.0 Å². The molecule has 2 N–H and O–H groups in total. The van der Waals surface area contributed by atoms with Gasteiger partial charge in [-0.25, -0.2) is 10.4 Å². The summed E-state index contributed by atoms with van der Waals surface area (Å²) in [6.45, 7) is 3.94. The molecule has 168 valence electrons. The van der Waals surface area contributed by atoms with Crippen LogP contribution in [0.15, 0.2) is 70.5 Å². The van der Waals surface area contributed by atoms with E-state index in [-0.39, 0.29) is 18.4 Å². The first kappa shape index (κ1) is 21.8. The van der Waals surface area contributed by atoms with Crippen molar-refractivity contribution < 1.29 is 18.7 Å². The van der Waals surface area contributed by atoms with Crippen molar-refractivity contribution in [2.24, 2.45) is 5.10 Å². The molecule has 9 heteroatoms. The first-order chi connectivity index (χ1) is 16.0. The van der Waals surface area contributed by atoms with Gasteiger partial charge in [-0.3, -0.25) is 14.0 Å². The van der Waals surface area contributed by atoms with Gasteiger partial charge in [-0.2, -0.15) is 5.10 Å². The minimum atomic E-state index is -0.345. The first-order valence-electron chi connectivity index (χ1n) is 10.3. The van der Waals surface area contributed by atoms with Gasteiger partial charge in [0.25, 0.3) is 11.8 Å². The summed E-state index contributed by atoms with van der Waals surface area (Å²) >= 11 is 0. The third-order valence-electron chi connectivity index (χ3n) is 4.83. The molecule has 0 aliphatic rings. The van der Waals surface area contributed by atoms with Gasteiger partial charge < -0.3 is 14.5 Å². The summed E-state index contributed by atoms with van der Waals surface area (Å²) in [4.78, 5) is 28.9. The summed E-state index contributed by atoms with van der Waals surface area (Å²) in [5, 5.41) is 6.75. The molecule has 0 saturated carbocycles. The molecular formula is C24H23N5O4. The molecule has 0 fully saturated rings. The van der Waals surface area contributed by atoms with E-state index in [0.717, 1.165) is 11.1 Å². The highest BCUT2D eigenvalue weighted by Gasteiger charge is 2.16. The van der Waals surface area contributed by atoms with Crippen molar-refractivity contribution in [3.63, 3.8) is 0 Å². The van der Waals surface area contributed by atoms with Gasteiger partial charge >= 0.3 is 0 Å². The average Bonchev–Trinajstić information content (AvgIpc) is 3.44. The molecule has 0 aliphatic heterocycles. The maximum Gasteiger partial charge on any atom is 0.290 e. The highest BCUT2D eigenvalue weighted by molar-refractivity contribution is 5.95. The number of hydrogen-bond donors (Lipinski definition) is 2. The van der Waals surface area contributed by atoms with Gasteiger partial charge in [0.1, 0.15) is 22.9 Å². The van der Waals surface area contributed by atoms with Crippen molar-refractivity contribution in [1.82, 2.24) is 20.1 Å². The molecule has 0 saturated heterocycles. The second-order valence-corrected chi connectivity index (χ2v) is 7.39. The summed E-state index contributed by atoms with van der Waals surface area (Å²) in [5.74, 6) is 0.617. The van der Waals surface area contributed by atoms with Gasteiger partial charge in [-0.15, -0.1) is 0 Å². The van der Waals surface area contributed by atoms with Crippen LogP contribution in [0.25, 0.3) is 5.65 Å². The number of aromatic nitrogens is 2. The van der Waals surface area contributed by atoms with Crippen LogP contribution in [-0.2, 0) is 11.3 Å². The number of hydrazone groups is 1. The van der Waals surface area contributed by atoms with Crippen molar-refractivity contribution in [1.29, 1.82) is 0 Å². The number of hydrogen-bond acceptors (Lipinski definition) is 6. The molecule has 1 aromatic carbocycles. The van der Waals surface area contributed by atoms with Crippen molar-refractivity contribution in [3.8, 4) is 5.75 Å². The molecule has 4 aromatic rings. The van der Waals surface area contributed by atoms with E-state index in [1.54, 1.807) is 54.0 Å². The van der Waals surface area contributed by atoms with E-state index in [2.05, 4.69) is 20.8 Å². The molecule has 0 bridgehead atoms. The number of imidazole rings is 1. The Kier molecular flexibility index (Phi) is 6.49. The lowest BCUT2D eigenvalue weighted by Gasteiger charge is -2.07. The Balaban J connectivity index is 1.29. The third-order valence-corrected chi connectivity index (χ3v) is 4.83. The topological polar surface area (TPSA) is 110 Å². The number of carbonyl (C=O) groups is 2. The molecule has 2 amide bonds. The molecular weight excluding hydrogens is 422 g/mol.